The molecule has 3 heterocycles. The first kappa shape index (κ1) is 17.4. The van der Waals surface area contributed by atoms with Crippen LogP contribution >= 0.6 is 11.8 Å². The Balaban J connectivity index is 1.36. The second-order valence-electron chi connectivity index (χ2n) is 7.05. The van der Waals surface area contributed by atoms with Crippen molar-refractivity contribution in [3.8, 4) is 0 Å². The maximum Gasteiger partial charge on any atom is 0.253 e. The molecule has 4 rings (SSSR count). The van der Waals surface area contributed by atoms with E-state index in [2.05, 4.69) is 11.4 Å². The smallest absolute Gasteiger partial charge is 0.253 e. The lowest BCUT2D eigenvalue weighted by molar-refractivity contribution is -0.135. The van der Waals surface area contributed by atoms with Crippen LogP contribution in [0.5, 0.6) is 0 Å². The van der Waals surface area contributed by atoms with E-state index in [-0.39, 0.29) is 23.8 Å². The van der Waals surface area contributed by atoms with Gasteiger partial charge in [-0.05, 0) is 48.8 Å². The summed E-state index contributed by atoms with van der Waals surface area (Å²) in [5.41, 5.74) is 2.02. The largest absolute Gasteiger partial charge is 0.344 e. The molecule has 26 heavy (non-hydrogen) atoms. The molecule has 0 saturated carbocycles. The van der Waals surface area contributed by atoms with E-state index in [1.807, 2.05) is 28.8 Å². The number of rotatable bonds is 2. The van der Waals surface area contributed by atoms with Crippen molar-refractivity contribution in [2.45, 2.75) is 36.6 Å². The number of hydrogen-bond acceptors (Lipinski definition) is 4. The Labute approximate surface area is 157 Å². The predicted molar refractivity (Wildman–Crippen MR) is 99.1 cm³/mol. The van der Waals surface area contributed by atoms with Crippen molar-refractivity contribution >= 4 is 29.5 Å². The average molecular weight is 373 g/mol. The van der Waals surface area contributed by atoms with Crippen LogP contribution in [0.25, 0.3) is 0 Å². The fourth-order valence-corrected chi connectivity index (χ4v) is 4.84. The van der Waals surface area contributed by atoms with Crippen molar-refractivity contribution in [2.24, 2.45) is 0 Å². The van der Waals surface area contributed by atoms with Crippen molar-refractivity contribution in [3.63, 3.8) is 0 Å². The molecule has 7 heteroatoms. The highest BCUT2D eigenvalue weighted by Gasteiger charge is 2.33. The van der Waals surface area contributed by atoms with Gasteiger partial charge in [0, 0.05) is 43.1 Å². The van der Waals surface area contributed by atoms with Gasteiger partial charge in [0.15, 0.2) is 0 Å². The van der Waals surface area contributed by atoms with Gasteiger partial charge in [-0.15, -0.1) is 11.8 Å². The van der Waals surface area contributed by atoms with Crippen molar-refractivity contribution < 1.29 is 14.4 Å². The number of fused-ring (bicyclic) bond motifs is 1. The third-order valence-corrected chi connectivity index (χ3v) is 6.53. The number of carbonyl (C=O) groups excluding carboxylic acids is 3. The van der Waals surface area contributed by atoms with Crippen molar-refractivity contribution in [1.82, 2.24) is 15.1 Å². The normalized spacial score (nSPS) is 22.8. The van der Waals surface area contributed by atoms with Gasteiger partial charge < -0.3 is 15.1 Å². The van der Waals surface area contributed by atoms with Crippen LogP contribution in [0, 0.1) is 0 Å². The minimum absolute atomic E-state index is 0.0197. The van der Waals surface area contributed by atoms with Gasteiger partial charge in [-0.25, -0.2) is 0 Å². The van der Waals surface area contributed by atoms with Crippen molar-refractivity contribution in [2.75, 3.05) is 31.9 Å². The molecule has 1 aromatic rings. The van der Waals surface area contributed by atoms with Crippen LogP contribution in [0.4, 0.5) is 0 Å². The fourth-order valence-electron chi connectivity index (χ4n) is 3.83. The van der Waals surface area contributed by atoms with Gasteiger partial charge in [0.1, 0.15) is 6.04 Å². The molecule has 0 radical (unpaired) electrons. The average Bonchev–Trinajstić information content (AvgIpc) is 3.13. The molecule has 6 nitrogen and oxygen atoms in total. The topological polar surface area (TPSA) is 69.7 Å². The molecule has 1 aromatic carbocycles. The van der Waals surface area contributed by atoms with Crippen LogP contribution < -0.4 is 5.32 Å². The highest BCUT2D eigenvalue weighted by molar-refractivity contribution is 7.99. The maximum atomic E-state index is 12.8. The minimum Gasteiger partial charge on any atom is -0.344 e. The van der Waals surface area contributed by atoms with Crippen molar-refractivity contribution in [3.05, 3.63) is 29.3 Å². The van der Waals surface area contributed by atoms with E-state index in [1.54, 1.807) is 4.90 Å². The molecule has 1 N–H and O–H groups in total. The third-order valence-electron chi connectivity index (χ3n) is 5.33. The molecule has 0 aromatic heterocycles. The molecule has 0 bridgehead atoms. The number of carbonyl (C=O) groups is 3. The van der Waals surface area contributed by atoms with Gasteiger partial charge >= 0.3 is 0 Å². The molecule has 0 spiro atoms. The zero-order valence-electron chi connectivity index (χ0n) is 14.7. The van der Waals surface area contributed by atoms with E-state index in [0.717, 1.165) is 24.2 Å². The number of nitrogens with zero attached hydrogens (tertiary/aromatic N) is 2. The predicted octanol–water partition coefficient (Wildman–Crippen LogP) is 1.29. The van der Waals surface area contributed by atoms with E-state index < -0.39 is 0 Å². The molecular weight excluding hydrogens is 350 g/mol. The van der Waals surface area contributed by atoms with Crippen LogP contribution in [0.15, 0.2) is 23.1 Å². The van der Waals surface area contributed by atoms with Crippen LogP contribution in [-0.2, 0) is 16.0 Å². The maximum absolute atomic E-state index is 12.8. The monoisotopic (exact) mass is 373 g/mol. The van der Waals surface area contributed by atoms with E-state index in [4.69, 9.17) is 0 Å². The highest BCUT2D eigenvalue weighted by atomic mass is 32.2. The summed E-state index contributed by atoms with van der Waals surface area (Å²) in [6, 6.07) is 5.64. The van der Waals surface area contributed by atoms with Gasteiger partial charge in [0.05, 0.1) is 0 Å². The molecule has 2 fully saturated rings. The summed E-state index contributed by atoms with van der Waals surface area (Å²) < 4.78 is 0. The summed E-state index contributed by atoms with van der Waals surface area (Å²) in [6.07, 6.45) is 3.20. The first-order chi connectivity index (χ1) is 12.6. The van der Waals surface area contributed by atoms with E-state index in [0.29, 0.717) is 39.0 Å². The lowest BCUT2D eigenvalue weighted by atomic mass is 10.0. The van der Waals surface area contributed by atoms with Gasteiger partial charge in [0.25, 0.3) is 5.91 Å². The number of benzene rings is 1. The minimum atomic E-state index is -0.386. The van der Waals surface area contributed by atoms with Gasteiger partial charge in [-0.1, -0.05) is 0 Å². The lowest BCUT2D eigenvalue weighted by Crippen LogP contribution is -2.54. The Bertz CT molecular complexity index is 744. The molecule has 138 valence electrons. The number of nitrogens with one attached hydrogen (secondary N) is 1. The summed E-state index contributed by atoms with van der Waals surface area (Å²) >= 11 is 1.86. The third kappa shape index (κ3) is 3.45. The molecule has 1 unspecified atom stereocenters. The van der Waals surface area contributed by atoms with Gasteiger partial charge in [-0.2, -0.15) is 0 Å². The van der Waals surface area contributed by atoms with Crippen LogP contribution in [0.1, 0.15) is 35.2 Å². The molecule has 3 aliphatic heterocycles. The SMILES string of the molecule is O=C1CCC(C(=O)N2CCN(C(=O)c3ccc4c(c3)CCCS4)CC2)N1. The fraction of sp³-hybridized carbons (Fsp3) is 0.526. The highest BCUT2D eigenvalue weighted by Crippen LogP contribution is 2.30. The van der Waals surface area contributed by atoms with Crippen LogP contribution in [0.2, 0.25) is 0 Å². The summed E-state index contributed by atoms with van der Waals surface area (Å²) in [4.78, 5) is 41.5. The van der Waals surface area contributed by atoms with E-state index in [9.17, 15) is 14.4 Å². The Morgan fingerprint density at radius 3 is 2.58 bits per heavy atom. The zero-order valence-corrected chi connectivity index (χ0v) is 15.5. The first-order valence-corrected chi connectivity index (χ1v) is 10.2. The number of amides is 3. The number of hydrogen-bond donors (Lipinski definition) is 1. The van der Waals surface area contributed by atoms with Gasteiger partial charge in [0.2, 0.25) is 11.8 Å². The Morgan fingerprint density at radius 2 is 1.85 bits per heavy atom. The van der Waals surface area contributed by atoms with Crippen LogP contribution in [-0.4, -0.2) is 65.5 Å². The van der Waals surface area contributed by atoms with Gasteiger partial charge in [-0.3, -0.25) is 14.4 Å². The summed E-state index contributed by atoms with van der Waals surface area (Å²) in [7, 11) is 0. The first-order valence-electron chi connectivity index (χ1n) is 9.25. The molecule has 3 amide bonds. The lowest BCUT2D eigenvalue weighted by Gasteiger charge is -2.36. The van der Waals surface area contributed by atoms with E-state index >= 15 is 0 Å². The zero-order chi connectivity index (χ0) is 18.1. The summed E-state index contributed by atoms with van der Waals surface area (Å²) in [5.74, 6) is 1.12. The quantitative estimate of drug-likeness (QED) is 0.848. The van der Waals surface area contributed by atoms with Crippen molar-refractivity contribution in [1.29, 1.82) is 0 Å². The molecule has 1 atom stereocenters. The molecule has 2 saturated heterocycles. The summed E-state index contributed by atoms with van der Waals surface area (Å²) in [5, 5.41) is 2.73. The Kier molecular flexibility index (Phi) is 4.89. The standard InChI is InChI=1S/C19H23N3O3S/c23-17-6-4-15(20-17)19(25)22-9-7-21(8-10-22)18(24)14-3-5-16-13(12-14)2-1-11-26-16/h3,5,12,15H,1-2,4,6-11H2,(H,20,23). The number of thioether (sulfide) groups is 1. The molecule has 3 aliphatic rings. The Hall–Kier alpha value is -2.02. The Morgan fingerprint density at radius 1 is 1.08 bits per heavy atom. The van der Waals surface area contributed by atoms with Crippen LogP contribution in [0.3, 0.4) is 0 Å². The second kappa shape index (κ2) is 7.31. The summed E-state index contributed by atoms with van der Waals surface area (Å²) in [6.45, 7) is 2.13. The van der Waals surface area contributed by atoms with E-state index in [1.165, 1.54) is 10.5 Å². The molecular formula is C19H23N3O3S. The second-order valence-corrected chi connectivity index (χ2v) is 8.19. The number of piperazine rings is 1. The number of aryl methyl sites for hydroxylation is 1. The molecule has 0 aliphatic carbocycles.